The van der Waals surface area contributed by atoms with Crippen LogP contribution < -0.4 is 5.56 Å². The zero-order valence-corrected chi connectivity index (χ0v) is 12.7. The van der Waals surface area contributed by atoms with Gasteiger partial charge >= 0.3 is 0 Å². The van der Waals surface area contributed by atoms with Crippen LogP contribution in [0, 0.1) is 4.77 Å². The third-order valence-corrected chi connectivity index (χ3v) is 5.02. The molecule has 2 heterocycles. The van der Waals surface area contributed by atoms with Gasteiger partial charge in [0.05, 0.1) is 5.39 Å². The highest BCUT2D eigenvalue weighted by atomic mass is 32.1. The van der Waals surface area contributed by atoms with Gasteiger partial charge in [-0.25, -0.2) is 0 Å². The van der Waals surface area contributed by atoms with Crippen LogP contribution in [-0.4, -0.2) is 33.6 Å². The minimum Gasteiger partial charge on any atom is -0.323 e. The van der Waals surface area contributed by atoms with Crippen molar-refractivity contribution >= 4 is 33.8 Å². The van der Waals surface area contributed by atoms with Gasteiger partial charge in [-0.3, -0.25) is 14.3 Å². The number of nitrogens with one attached hydrogen (secondary N) is 1. The van der Waals surface area contributed by atoms with Crippen molar-refractivity contribution in [3.05, 3.63) is 26.6 Å². The van der Waals surface area contributed by atoms with Crippen molar-refractivity contribution in [3.8, 4) is 0 Å². The molecule has 1 aliphatic rings. The van der Waals surface area contributed by atoms with Gasteiger partial charge in [0.1, 0.15) is 4.83 Å². The van der Waals surface area contributed by atoms with Gasteiger partial charge in [0.25, 0.3) is 5.56 Å². The number of hydrogen-bond donors (Lipinski definition) is 1. The van der Waals surface area contributed by atoms with Crippen LogP contribution >= 0.6 is 23.6 Å². The Balaban J connectivity index is 1.95. The molecule has 1 atom stereocenters. The van der Waals surface area contributed by atoms with E-state index < -0.39 is 0 Å². The van der Waals surface area contributed by atoms with Gasteiger partial charge in [-0.1, -0.05) is 0 Å². The van der Waals surface area contributed by atoms with E-state index in [0.717, 1.165) is 10.2 Å². The van der Waals surface area contributed by atoms with E-state index in [4.69, 9.17) is 12.2 Å². The average Bonchev–Trinajstić information content (AvgIpc) is 3.13. The van der Waals surface area contributed by atoms with Crippen LogP contribution in [0.5, 0.6) is 0 Å². The fraction of sp³-hybridized carbons (Fsp3) is 0.538. The van der Waals surface area contributed by atoms with Crippen molar-refractivity contribution in [2.45, 2.75) is 38.4 Å². The van der Waals surface area contributed by atoms with E-state index in [0.29, 0.717) is 23.4 Å². The SMILES string of the molecule is CC(Cn1c(=S)[nH]c2sccc2c1=O)N(C)C1CC1. The zero-order valence-electron chi connectivity index (χ0n) is 11.0. The molecule has 0 saturated heterocycles. The van der Waals surface area contributed by atoms with Gasteiger partial charge in [-0.05, 0) is 50.5 Å². The fourth-order valence-corrected chi connectivity index (χ4v) is 3.48. The standard InChI is InChI=1S/C13H17N3OS2/c1-8(15(2)9-3-4-9)7-16-12(17)10-5-6-19-11(10)14-13(16)18/h5-6,8-9H,3-4,7H2,1-2H3,(H,14,18). The first kappa shape index (κ1) is 13.0. The number of likely N-dealkylation sites (N-methyl/N-ethyl adjacent to an activating group) is 1. The van der Waals surface area contributed by atoms with Crippen LogP contribution in [0.25, 0.3) is 10.2 Å². The Morgan fingerprint density at radius 2 is 2.37 bits per heavy atom. The van der Waals surface area contributed by atoms with Crippen molar-refractivity contribution in [1.29, 1.82) is 0 Å². The summed E-state index contributed by atoms with van der Waals surface area (Å²) in [5, 5.41) is 2.65. The molecule has 102 valence electrons. The summed E-state index contributed by atoms with van der Waals surface area (Å²) in [6.07, 6.45) is 2.54. The van der Waals surface area contributed by atoms with Crippen molar-refractivity contribution in [2.24, 2.45) is 0 Å². The Morgan fingerprint density at radius 3 is 3.05 bits per heavy atom. The van der Waals surface area contributed by atoms with Crippen molar-refractivity contribution in [3.63, 3.8) is 0 Å². The molecule has 0 bridgehead atoms. The Bertz CT molecular complexity index is 710. The second-order valence-corrected chi connectivity index (χ2v) is 6.56. The maximum Gasteiger partial charge on any atom is 0.263 e. The lowest BCUT2D eigenvalue weighted by Gasteiger charge is -2.25. The van der Waals surface area contributed by atoms with Gasteiger partial charge in [-0.2, -0.15) is 0 Å². The minimum atomic E-state index is 0.0241. The summed E-state index contributed by atoms with van der Waals surface area (Å²) in [5.74, 6) is 0. The van der Waals surface area contributed by atoms with Crippen LogP contribution in [-0.2, 0) is 6.54 Å². The van der Waals surface area contributed by atoms with E-state index in [1.807, 2.05) is 11.4 Å². The molecule has 3 rings (SSSR count). The van der Waals surface area contributed by atoms with Crippen LogP contribution in [0.4, 0.5) is 0 Å². The molecule has 0 amide bonds. The molecule has 1 fully saturated rings. The van der Waals surface area contributed by atoms with Crippen LogP contribution in [0.3, 0.4) is 0 Å². The van der Waals surface area contributed by atoms with Gasteiger partial charge in [0.2, 0.25) is 0 Å². The largest absolute Gasteiger partial charge is 0.323 e. The van der Waals surface area contributed by atoms with Crippen molar-refractivity contribution in [1.82, 2.24) is 14.5 Å². The van der Waals surface area contributed by atoms with E-state index in [2.05, 4.69) is 23.9 Å². The van der Waals surface area contributed by atoms with E-state index in [1.165, 1.54) is 24.2 Å². The third-order valence-electron chi connectivity index (χ3n) is 3.87. The quantitative estimate of drug-likeness (QED) is 0.882. The highest BCUT2D eigenvalue weighted by molar-refractivity contribution is 7.71. The molecule has 6 heteroatoms. The smallest absolute Gasteiger partial charge is 0.263 e. The lowest BCUT2D eigenvalue weighted by atomic mass is 10.3. The second kappa shape index (κ2) is 4.85. The van der Waals surface area contributed by atoms with E-state index >= 15 is 0 Å². The number of hydrogen-bond acceptors (Lipinski definition) is 4. The fourth-order valence-electron chi connectivity index (χ4n) is 2.38. The number of rotatable bonds is 4. The van der Waals surface area contributed by atoms with Crippen LogP contribution in [0.15, 0.2) is 16.2 Å². The summed E-state index contributed by atoms with van der Waals surface area (Å²) >= 11 is 6.83. The molecule has 4 nitrogen and oxygen atoms in total. The summed E-state index contributed by atoms with van der Waals surface area (Å²) < 4.78 is 2.21. The lowest BCUT2D eigenvalue weighted by molar-refractivity contribution is 0.223. The van der Waals surface area contributed by atoms with Gasteiger partial charge in [-0.15, -0.1) is 11.3 Å². The molecule has 0 radical (unpaired) electrons. The first-order valence-electron chi connectivity index (χ1n) is 6.50. The molecular weight excluding hydrogens is 278 g/mol. The summed E-state index contributed by atoms with van der Waals surface area (Å²) in [4.78, 5) is 18.8. The number of thiophene rings is 1. The molecular formula is C13H17N3OS2. The monoisotopic (exact) mass is 295 g/mol. The highest BCUT2D eigenvalue weighted by Gasteiger charge is 2.29. The van der Waals surface area contributed by atoms with E-state index in [-0.39, 0.29) is 5.56 Å². The minimum absolute atomic E-state index is 0.0241. The lowest BCUT2D eigenvalue weighted by Crippen LogP contribution is -2.37. The van der Waals surface area contributed by atoms with Crippen LogP contribution in [0.2, 0.25) is 0 Å². The van der Waals surface area contributed by atoms with Gasteiger partial charge in [0, 0.05) is 18.6 Å². The average molecular weight is 295 g/mol. The number of aromatic amines is 1. The summed E-state index contributed by atoms with van der Waals surface area (Å²) in [7, 11) is 2.13. The first-order chi connectivity index (χ1) is 9.08. The summed E-state index contributed by atoms with van der Waals surface area (Å²) in [5.41, 5.74) is 0.0241. The Kier molecular flexibility index (Phi) is 3.32. The van der Waals surface area contributed by atoms with E-state index in [9.17, 15) is 4.79 Å². The molecule has 19 heavy (non-hydrogen) atoms. The number of aromatic nitrogens is 2. The second-order valence-electron chi connectivity index (χ2n) is 5.25. The molecule has 0 aromatic carbocycles. The molecule has 2 aromatic heterocycles. The van der Waals surface area contributed by atoms with Gasteiger partial charge < -0.3 is 4.98 Å². The molecule has 2 aromatic rings. The molecule has 1 N–H and O–H groups in total. The normalized spacial score (nSPS) is 17.2. The molecule has 1 aliphatic carbocycles. The van der Waals surface area contributed by atoms with Crippen molar-refractivity contribution < 1.29 is 0 Å². The Labute approximate surface area is 120 Å². The highest BCUT2D eigenvalue weighted by Crippen LogP contribution is 2.27. The van der Waals surface area contributed by atoms with E-state index in [1.54, 1.807) is 4.57 Å². The maximum absolute atomic E-state index is 12.4. The third kappa shape index (κ3) is 2.40. The predicted octanol–water partition coefficient (Wildman–Crippen LogP) is 2.60. The Hall–Kier alpha value is -0.980. The molecule has 0 spiro atoms. The molecule has 1 saturated carbocycles. The maximum atomic E-state index is 12.4. The van der Waals surface area contributed by atoms with Crippen molar-refractivity contribution in [2.75, 3.05) is 7.05 Å². The summed E-state index contributed by atoms with van der Waals surface area (Å²) in [6.45, 7) is 2.80. The molecule has 0 aliphatic heterocycles. The first-order valence-corrected chi connectivity index (χ1v) is 7.79. The summed E-state index contributed by atoms with van der Waals surface area (Å²) in [6, 6.07) is 2.86. The number of H-pyrrole nitrogens is 1. The van der Waals surface area contributed by atoms with Crippen LogP contribution in [0.1, 0.15) is 19.8 Å². The predicted molar refractivity (Wildman–Crippen MR) is 81.5 cm³/mol. The number of nitrogens with zero attached hydrogens (tertiary/aromatic N) is 2. The molecule has 1 unspecified atom stereocenters. The topological polar surface area (TPSA) is 41.0 Å². The van der Waals surface area contributed by atoms with Gasteiger partial charge in [0.15, 0.2) is 4.77 Å². The zero-order chi connectivity index (χ0) is 13.6. The number of fused-ring (bicyclic) bond motifs is 1. The Morgan fingerprint density at radius 1 is 1.63 bits per heavy atom.